The van der Waals surface area contributed by atoms with Crippen molar-refractivity contribution in [3.05, 3.63) is 17.3 Å². The first-order valence-corrected chi connectivity index (χ1v) is 9.50. The van der Waals surface area contributed by atoms with Gasteiger partial charge >= 0.3 is 0 Å². The van der Waals surface area contributed by atoms with Crippen molar-refractivity contribution in [2.45, 2.75) is 57.2 Å². The zero-order valence-electron chi connectivity index (χ0n) is 14.5. The molecule has 5 nitrogen and oxygen atoms in total. The highest BCUT2D eigenvalue weighted by atomic mass is 35.5. The van der Waals surface area contributed by atoms with Crippen LogP contribution in [0.5, 0.6) is 0 Å². The molecule has 1 aliphatic carbocycles. The highest BCUT2D eigenvalue weighted by Crippen LogP contribution is 2.41. The summed E-state index contributed by atoms with van der Waals surface area (Å²) in [6.07, 6.45) is 4.82. The first-order chi connectivity index (χ1) is 11.5. The number of hydrogen-bond donors (Lipinski definition) is 1. The molecule has 6 heteroatoms. The van der Waals surface area contributed by atoms with Crippen molar-refractivity contribution in [2.75, 3.05) is 25.0 Å². The van der Waals surface area contributed by atoms with Gasteiger partial charge in [0.25, 0.3) is 0 Å². The zero-order chi connectivity index (χ0) is 16.7. The van der Waals surface area contributed by atoms with Crippen molar-refractivity contribution in [1.82, 2.24) is 15.1 Å². The van der Waals surface area contributed by atoms with Crippen molar-refractivity contribution in [3.63, 3.8) is 0 Å². The Labute approximate surface area is 149 Å². The number of ether oxygens (including phenoxy) is 1. The first-order valence-electron chi connectivity index (χ1n) is 9.12. The van der Waals surface area contributed by atoms with Crippen LogP contribution in [0.2, 0.25) is 5.15 Å². The van der Waals surface area contributed by atoms with E-state index >= 15 is 0 Å². The number of hydrogen-bond acceptors (Lipinski definition) is 5. The van der Waals surface area contributed by atoms with Gasteiger partial charge in [0.1, 0.15) is 5.82 Å². The van der Waals surface area contributed by atoms with Gasteiger partial charge in [-0.3, -0.25) is 4.90 Å². The largest absolute Gasteiger partial charge is 0.375 e. The predicted molar refractivity (Wildman–Crippen MR) is 95.3 cm³/mol. The molecule has 24 heavy (non-hydrogen) atoms. The van der Waals surface area contributed by atoms with Crippen LogP contribution in [0.15, 0.2) is 12.1 Å². The Hall–Kier alpha value is -0.910. The minimum atomic E-state index is 0.0396. The van der Waals surface area contributed by atoms with Crippen molar-refractivity contribution in [3.8, 4) is 0 Å². The van der Waals surface area contributed by atoms with Crippen molar-refractivity contribution in [2.24, 2.45) is 11.8 Å². The number of aromatic nitrogens is 2. The molecule has 0 spiro atoms. The topological polar surface area (TPSA) is 50.3 Å². The lowest BCUT2D eigenvalue weighted by Gasteiger charge is -2.40. The van der Waals surface area contributed by atoms with Gasteiger partial charge in [-0.25, -0.2) is 0 Å². The molecule has 0 unspecified atom stereocenters. The maximum Gasteiger partial charge on any atom is 0.151 e. The second-order valence-corrected chi connectivity index (χ2v) is 8.67. The van der Waals surface area contributed by atoms with Crippen LogP contribution in [0.1, 0.15) is 39.5 Å². The van der Waals surface area contributed by atoms with Crippen molar-refractivity contribution in [1.29, 1.82) is 0 Å². The summed E-state index contributed by atoms with van der Waals surface area (Å²) in [7, 11) is 0. The van der Waals surface area contributed by atoms with Gasteiger partial charge in [-0.2, -0.15) is 0 Å². The van der Waals surface area contributed by atoms with Crippen LogP contribution in [0.3, 0.4) is 0 Å². The smallest absolute Gasteiger partial charge is 0.151 e. The molecule has 3 atom stereocenters. The number of nitrogens with zero attached hydrogens (tertiary/aromatic N) is 3. The van der Waals surface area contributed by atoms with Crippen LogP contribution in [-0.4, -0.2) is 52.5 Å². The van der Waals surface area contributed by atoms with E-state index < -0.39 is 0 Å². The van der Waals surface area contributed by atoms with Gasteiger partial charge < -0.3 is 10.1 Å². The monoisotopic (exact) mass is 350 g/mol. The van der Waals surface area contributed by atoms with E-state index in [1.807, 2.05) is 6.07 Å². The number of nitrogens with one attached hydrogen (secondary N) is 1. The summed E-state index contributed by atoms with van der Waals surface area (Å²) < 4.78 is 5.88. The third-order valence-corrected chi connectivity index (χ3v) is 6.15. The Morgan fingerprint density at radius 2 is 1.96 bits per heavy atom. The predicted octanol–water partition coefficient (Wildman–Crippen LogP) is 3.21. The number of likely N-dealkylation sites (tertiary alicyclic amines) is 1. The Balaban J connectivity index is 1.31. The molecule has 3 fully saturated rings. The molecule has 0 aromatic carbocycles. The number of rotatable bonds is 3. The molecule has 2 aliphatic heterocycles. The maximum atomic E-state index is 5.88. The van der Waals surface area contributed by atoms with E-state index in [9.17, 15) is 0 Å². The molecular weight excluding hydrogens is 324 g/mol. The van der Waals surface area contributed by atoms with Crippen LogP contribution in [0.4, 0.5) is 5.82 Å². The van der Waals surface area contributed by atoms with Gasteiger partial charge in [0.15, 0.2) is 5.15 Å². The van der Waals surface area contributed by atoms with Gasteiger partial charge in [0, 0.05) is 31.8 Å². The fourth-order valence-corrected chi connectivity index (χ4v) is 4.97. The van der Waals surface area contributed by atoms with Crippen molar-refractivity contribution < 1.29 is 4.74 Å². The molecule has 0 radical (unpaired) electrons. The van der Waals surface area contributed by atoms with Crippen LogP contribution >= 0.6 is 11.6 Å². The highest BCUT2D eigenvalue weighted by molar-refractivity contribution is 6.29. The van der Waals surface area contributed by atoms with E-state index in [0.717, 1.165) is 30.7 Å². The van der Waals surface area contributed by atoms with Crippen LogP contribution in [0.25, 0.3) is 0 Å². The summed E-state index contributed by atoms with van der Waals surface area (Å²) in [5.41, 5.74) is 0.0396. The average Bonchev–Trinajstić information content (AvgIpc) is 3.07. The standard InChI is InChI=1S/C18H27ClN4O/c1-18(2)9-15(5-6-24-18)23-10-12-7-14(8-13(12)11-23)20-17-4-3-16(19)21-22-17/h3-4,12-15H,5-11H2,1-2H3,(H,20,22)/t12-,13-,15+/m1/s1. The number of anilines is 1. The van der Waals surface area contributed by atoms with Gasteiger partial charge in [-0.15, -0.1) is 10.2 Å². The number of fused-ring (bicyclic) bond motifs is 1. The molecule has 0 amide bonds. The summed E-state index contributed by atoms with van der Waals surface area (Å²) in [5, 5.41) is 12.0. The molecule has 132 valence electrons. The summed E-state index contributed by atoms with van der Waals surface area (Å²) in [5.74, 6) is 2.47. The summed E-state index contributed by atoms with van der Waals surface area (Å²) in [6.45, 7) is 7.85. The van der Waals surface area contributed by atoms with E-state index in [1.54, 1.807) is 6.07 Å². The minimum Gasteiger partial charge on any atom is -0.375 e. The summed E-state index contributed by atoms with van der Waals surface area (Å²) >= 11 is 5.80. The molecule has 1 N–H and O–H groups in total. The first kappa shape index (κ1) is 16.6. The van der Waals surface area contributed by atoms with Crippen molar-refractivity contribution >= 4 is 17.4 Å². The van der Waals surface area contributed by atoms with Crippen LogP contribution in [-0.2, 0) is 4.74 Å². The molecule has 0 bridgehead atoms. The fraction of sp³-hybridized carbons (Fsp3) is 0.778. The van der Waals surface area contributed by atoms with Crippen LogP contribution < -0.4 is 5.32 Å². The zero-order valence-corrected chi connectivity index (χ0v) is 15.3. The molecule has 3 heterocycles. The minimum absolute atomic E-state index is 0.0396. The van der Waals surface area contributed by atoms with Gasteiger partial charge in [-0.1, -0.05) is 11.6 Å². The highest BCUT2D eigenvalue weighted by Gasteiger charge is 2.44. The van der Waals surface area contributed by atoms with E-state index in [1.165, 1.54) is 32.4 Å². The quantitative estimate of drug-likeness (QED) is 0.907. The van der Waals surface area contributed by atoms with E-state index in [0.29, 0.717) is 17.2 Å². The molecule has 4 rings (SSSR count). The lowest BCUT2D eigenvalue weighted by molar-refractivity contribution is -0.0811. The second kappa shape index (κ2) is 6.43. The molecule has 1 aromatic heterocycles. The Bertz CT molecular complexity index is 565. The SMILES string of the molecule is CC1(C)C[C@@H](N2C[C@H]3CC(Nc4ccc(Cl)nn4)C[C@@H]3C2)CCO1. The summed E-state index contributed by atoms with van der Waals surface area (Å²) in [4.78, 5) is 2.73. The molecule has 1 saturated carbocycles. The molecule has 1 aromatic rings. The third-order valence-electron chi connectivity index (χ3n) is 5.95. The van der Waals surface area contributed by atoms with Gasteiger partial charge in [-0.05, 0) is 63.5 Å². The number of halogens is 1. The molecule has 3 aliphatic rings. The van der Waals surface area contributed by atoms with Gasteiger partial charge in [0.2, 0.25) is 0 Å². The molecule has 2 saturated heterocycles. The normalized spacial score (nSPS) is 33.5. The fourth-order valence-electron chi connectivity index (χ4n) is 4.87. The van der Waals surface area contributed by atoms with E-state index in [-0.39, 0.29) is 5.60 Å². The van der Waals surface area contributed by atoms with E-state index in [2.05, 4.69) is 34.3 Å². The Kier molecular flexibility index (Phi) is 4.43. The Morgan fingerprint density at radius 3 is 2.58 bits per heavy atom. The molecular formula is C18H27ClN4O. The van der Waals surface area contributed by atoms with E-state index in [4.69, 9.17) is 16.3 Å². The lowest BCUT2D eigenvalue weighted by atomic mass is 9.93. The summed E-state index contributed by atoms with van der Waals surface area (Å²) in [6, 6.07) is 4.93. The third kappa shape index (κ3) is 3.53. The average molecular weight is 351 g/mol. The van der Waals surface area contributed by atoms with Crippen LogP contribution in [0, 0.1) is 11.8 Å². The maximum absolute atomic E-state index is 5.88. The van der Waals surface area contributed by atoms with Gasteiger partial charge in [0.05, 0.1) is 5.60 Å². The second-order valence-electron chi connectivity index (χ2n) is 8.28. The lowest BCUT2D eigenvalue weighted by Crippen LogP contribution is -2.45. The Morgan fingerprint density at radius 1 is 1.21 bits per heavy atom.